The number of nitrogens with zero attached hydrogens (tertiary/aromatic N) is 2. The number of amides is 1. The zero-order chi connectivity index (χ0) is 21.0. The molecule has 1 aliphatic rings. The van der Waals surface area contributed by atoms with Crippen molar-refractivity contribution in [3.8, 4) is 11.5 Å². The molecule has 1 saturated heterocycles. The van der Waals surface area contributed by atoms with E-state index in [0.29, 0.717) is 11.4 Å². The number of piperidine rings is 1. The maximum Gasteiger partial charge on any atom is 0.343 e. The van der Waals surface area contributed by atoms with Crippen LogP contribution in [0.3, 0.4) is 0 Å². The van der Waals surface area contributed by atoms with Crippen molar-refractivity contribution in [2.45, 2.75) is 19.3 Å². The van der Waals surface area contributed by atoms with Gasteiger partial charge >= 0.3 is 5.97 Å². The Labute approximate surface area is 167 Å². The molecule has 2 aromatic rings. The number of nitrogens with two attached hydrogens (primary N) is 1. The van der Waals surface area contributed by atoms with E-state index >= 15 is 0 Å². The summed E-state index contributed by atoms with van der Waals surface area (Å²) in [4.78, 5) is 37.2. The number of benzene rings is 2. The summed E-state index contributed by atoms with van der Waals surface area (Å²) < 4.78 is 10.4. The van der Waals surface area contributed by atoms with E-state index < -0.39 is 16.8 Å². The number of nitro groups is 1. The molecular formula is C20H21N3O6. The second kappa shape index (κ2) is 8.59. The third-order valence-electron chi connectivity index (χ3n) is 4.76. The van der Waals surface area contributed by atoms with E-state index in [1.165, 1.54) is 37.4 Å². The van der Waals surface area contributed by atoms with Gasteiger partial charge in [-0.3, -0.25) is 14.9 Å². The van der Waals surface area contributed by atoms with Crippen LogP contribution in [0.1, 0.15) is 40.0 Å². The molecule has 3 rings (SSSR count). The summed E-state index contributed by atoms with van der Waals surface area (Å²) in [6.45, 7) is 1.47. The standard InChI is InChI=1S/C20H21N3O6/c1-28-14-6-7-15(19(21)24)18(12-14)29-20(25)13-5-8-16(17(11-13)23(26)27)22-9-3-2-4-10-22/h5-8,11-12H,2-4,9-10H2,1H3,(H2,21,24). The van der Waals surface area contributed by atoms with Crippen LogP contribution >= 0.6 is 0 Å². The first kappa shape index (κ1) is 20.1. The maximum absolute atomic E-state index is 12.6. The lowest BCUT2D eigenvalue weighted by Crippen LogP contribution is -2.30. The minimum absolute atomic E-state index is 0.00131. The molecule has 0 spiro atoms. The van der Waals surface area contributed by atoms with Crippen LogP contribution in [0.5, 0.6) is 11.5 Å². The zero-order valence-electron chi connectivity index (χ0n) is 15.9. The summed E-state index contributed by atoms with van der Waals surface area (Å²) in [5.74, 6) is -1.33. The van der Waals surface area contributed by atoms with Crippen LogP contribution in [0.4, 0.5) is 11.4 Å². The molecular weight excluding hydrogens is 378 g/mol. The van der Waals surface area contributed by atoms with Gasteiger partial charge in [-0.25, -0.2) is 4.79 Å². The normalized spacial score (nSPS) is 13.6. The topological polar surface area (TPSA) is 125 Å². The Morgan fingerprint density at radius 2 is 1.83 bits per heavy atom. The number of hydrogen-bond acceptors (Lipinski definition) is 7. The number of esters is 1. The van der Waals surface area contributed by atoms with Crippen molar-refractivity contribution in [3.05, 3.63) is 57.6 Å². The number of carbonyl (C=O) groups excluding carboxylic acids is 2. The Morgan fingerprint density at radius 1 is 1.10 bits per heavy atom. The first-order chi connectivity index (χ1) is 13.9. The highest BCUT2D eigenvalue weighted by atomic mass is 16.6. The molecule has 0 radical (unpaired) electrons. The van der Waals surface area contributed by atoms with E-state index in [0.717, 1.165) is 32.4 Å². The molecule has 9 nitrogen and oxygen atoms in total. The highest BCUT2D eigenvalue weighted by Gasteiger charge is 2.24. The molecule has 0 saturated carbocycles. The fraction of sp³-hybridized carbons (Fsp3) is 0.300. The Morgan fingerprint density at radius 3 is 2.45 bits per heavy atom. The molecule has 2 N–H and O–H groups in total. The maximum atomic E-state index is 12.6. The molecule has 0 aliphatic carbocycles. The smallest absolute Gasteiger partial charge is 0.343 e. The number of methoxy groups -OCH3 is 1. The molecule has 152 valence electrons. The summed E-state index contributed by atoms with van der Waals surface area (Å²) in [6, 6.07) is 8.47. The summed E-state index contributed by atoms with van der Waals surface area (Å²) in [5.41, 5.74) is 5.63. The van der Waals surface area contributed by atoms with Crippen LogP contribution in [0.2, 0.25) is 0 Å². The van der Waals surface area contributed by atoms with Gasteiger partial charge in [0, 0.05) is 25.2 Å². The first-order valence-corrected chi connectivity index (χ1v) is 9.14. The van der Waals surface area contributed by atoms with E-state index in [2.05, 4.69) is 0 Å². The average Bonchev–Trinajstić information content (AvgIpc) is 2.73. The Kier molecular flexibility index (Phi) is 5.96. The van der Waals surface area contributed by atoms with Crippen molar-refractivity contribution in [1.29, 1.82) is 0 Å². The average molecular weight is 399 g/mol. The van der Waals surface area contributed by atoms with Gasteiger partial charge < -0.3 is 20.1 Å². The lowest BCUT2D eigenvalue weighted by Gasteiger charge is -2.28. The summed E-state index contributed by atoms with van der Waals surface area (Å²) in [6.07, 6.45) is 3.02. The van der Waals surface area contributed by atoms with Crippen molar-refractivity contribution in [2.75, 3.05) is 25.1 Å². The summed E-state index contributed by atoms with van der Waals surface area (Å²) in [5, 5.41) is 11.6. The minimum Gasteiger partial charge on any atom is -0.497 e. The number of primary amides is 1. The van der Waals surface area contributed by atoms with Crippen molar-refractivity contribution in [2.24, 2.45) is 5.73 Å². The minimum atomic E-state index is -0.839. The Balaban J connectivity index is 1.91. The predicted octanol–water partition coefficient (Wildman–Crippen LogP) is 2.91. The van der Waals surface area contributed by atoms with E-state index in [9.17, 15) is 19.7 Å². The highest BCUT2D eigenvalue weighted by molar-refractivity contribution is 5.98. The molecule has 0 atom stereocenters. The zero-order valence-corrected chi connectivity index (χ0v) is 15.9. The van der Waals surface area contributed by atoms with Gasteiger partial charge in [-0.15, -0.1) is 0 Å². The first-order valence-electron chi connectivity index (χ1n) is 9.14. The van der Waals surface area contributed by atoms with E-state index in [4.69, 9.17) is 15.2 Å². The van der Waals surface area contributed by atoms with Crippen molar-refractivity contribution < 1.29 is 24.0 Å². The molecule has 1 heterocycles. The van der Waals surface area contributed by atoms with Crippen molar-refractivity contribution in [1.82, 2.24) is 0 Å². The molecule has 29 heavy (non-hydrogen) atoms. The lowest BCUT2D eigenvalue weighted by atomic mass is 10.1. The van der Waals surface area contributed by atoms with E-state index in [1.807, 2.05) is 4.90 Å². The van der Waals surface area contributed by atoms with Crippen molar-refractivity contribution in [3.63, 3.8) is 0 Å². The molecule has 0 aromatic heterocycles. The van der Waals surface area contributed by atoms with Crippen LogP contribution in [0.25, 0.3) is 0 Å². The number of hydrogen-bond donors (Lipinski definition) is 1. The molecule has 9 heteroatoms. The van der Waals surface area contributed by atoms with E-state index in [-0.39, 0.29) is 22.6 Å². The van der Waals surface area contributed by atoms with Gasteiger partial charge in [0.2, 0.25) is 0 Å². The monoisotopic (exact) mass is 399 g/mol. The number of ether oxygens (including phenoxy) is 2. The van der Waals surface area contributed by atoms with Gasteiger partial charge in [-0.2, -0.15) is 0 Å². The van der Waals surface area contributed by atoms with Crippen LogP contribution in [0, 0.1) is 10.1 Å². The van der Waals surface area contributed by atoms with Gasteiger partial charge in [0.15, 0.2) is 0 Å². The second-order valence-electron chi connectivity index (χ2n) is 6.62. The molecule has 0 unspecified atom stereocenters. The number of nitro benzene ring substituents is 1. The molecule has 1 aliphatic heterocycles. The van der Waals surface area contributed by atoms with Crippen molar-refractivity contribution >= 4 is 23.3 Å². The number of carbonyl (C=O) groups is 2. The van der Waals surface area contributed by atoms with E-state index in [1.54, 1.807) is 6.07 Å². The SMILES string of the molecule is COc1ccc(C(N)=O)c(OC(=O)c2ccc(N3CCCCC3)c([N+](=O)[O-])c2)c1. The van der Waals surface area contributed by atoms with Crippen LogP contribution in [0.15, 0.2) is 36.4 Å². The lowest BCUT2D eigenvalue weighted by molar-refractivity contribution is -0.384. The molecule has 2 aromatic carbocycles. The van der Waals surface area contributed by atoms with Crippen LogP contribution < -0.4 is 20.1 Å². The number of anilines is 1. The van der Waals surface area contributed by atoms with Crippen LogP contribution in [-0.2, 0) is 0 Å². The third-order valence-corrected chi connectivity index (χ3v) is 4.76. The summed E-state index contributed by atoms with van der Waals surface area (Å²) >= 11 is 0. The van der Waals surface area contributed by atoms with Crippen LogP contribution in [-0.4, -0.2) is 37.0 Å². The fourth-order valence-electron chi connectivity index (χ4n) is 3.28. The van der Waals surface area contributed by atoms with Gasteiger partial charge in [0.25, 0.3) is 11.6 Å². The van der Waals surface area contributed by atoms with Gasteiger partial charge in [0.1, 0.15) is 17.2 Å². The predicted molar refractivity (Wildman–Crippen MR) is 106 cm³/mol. The molecule has 1 fully saturated rings. The summed E-state index contributed by atoms with van der Waals surface area (Å²) in [7, 11) is 1.42. The van der Waals surface area contributed by atoms with Gasteiger partial charge in [0.05, 0.1) is 23.2 Å². The molecule has 1 amide bonds. The largest absolute Gasteiger partial charge is 0.497 e. The van der Waals surface area contributed by atoms with Gasteiger partial charge in [-0.1, -0.05) is 0 Å². The fourth-order valence-corrected chi connectivity index (χ4v) is 3.28. The second-order valence-corrected chi connectivity index (χ2v) is 6.62. The molecule has 0 bridgehead atoms. The Hall–Kier alpha value is -3.62. The van der Waals surface area contributed by atoms with Gasteiger partial charge in [-0.05, 0) is 43.5 Å². The Bertz CT molecular complexity index is 953. The highest BCUT2D eigenvalue weighted by Crippen LogP contribution is 2.32. The third kappa shape index (κ3) is 4.45. The quantitative estimate of drug-likeness (QED) is 0.343. The number of rotatable bonds is 6.